The predicted molar refractivity (Wildman–Crippen MR) is 107 cm³/mol. The van der Waals surface area contributed by atoms with Crippen LogP contribution in [0.5, 0.6) is 0 Å². The normalized spacial score (nSPS) is 18.7. The number of hydrogen-bond donors (Lipinski definition) is 1. The molecule has 4 heteroatoms. The number of aryl methyl sites for hydroxylation is 1. The topological polar surface area (TPSA) is 49.8 Å². The van der Waals surface area contributed by atoms with Gasteiger partial charge in [-0.15, -0.1) is 0 Å². The largest absolute Gasteiger partial charge is 0.466 e. The van der Waals surface area contributed by atoms with Gasteiger partial charge in [-0.05, 0) is 49.1 Å². The summed E-state index contributed by atoms with van der Waals surface area (Å²) in [7, 11) is 1.37. The van der Waals surface area contributed by atoms with Crippen molar-refractivity contribution in [2.45, 2.75) is 31.9 Å². The Morgan fingerprint density at radius 2 is 1.93 bits per heavy atom. The summed E-state index contributed by atoms with van der Waals surface area (Å²) in [6, 6.07) is 16.7. The molecule has 1 heterocycles. The van der Waals surface area contributed by atoms with E-state index in [-0.39, 0.29) is 5.97 Å². The fourth-order valence-electron chi connectivity index (χ4n) is 3.60. The lowest BCUT2D eigenvalue weighted by Gasteiger charge is -2.27. The Bertz CT molecular complexity index is 780. The third-order valence-electron chi connectivity index (χ3n) is 5.17. The van der Waals surface area contributed by atoms with Crippen LogP contribution in [0.2, 0.25) is 0 Å². The number of methoxy groups -OCH3 is 1. The number of rotatable bonds is 6. The van der Waals surface area contributed by atoms with E-state index in [0.29, 0.717) is 12.6 Å². The lowest BCUT2D eigenvalue weighted by Crippen LogP contribution is -2.28. The third kappa shape index (κ3) is 5.06. The Hall–Kier alpha value is -2.43. The number of nitrogens with zero attached hydrogens (tertiary/aromatic N) is 1. The van der Waals surface area contributed by atoms with E-state index in [9.17, 15) is 9.90 Å². The van der Waals surface area contributed by atoms with Crippen molar-refractivity contribution in [2.75, 3.05) is 20.2 Å². The van der Waals surface area contributed by atoms with E-state index in [1.165, 1.54) is 24.3 Å². The second-order valence-corrected chi connectivity index (χ2v) is 7.10. The monoisotopic (exact) mass is 365 g/mol. The number of aliphatic hydroxyl groups excluding tert-OH is 1. The second kappa shape index (κ2) is 8.98. The lowest BCUT2D eigenvalue weighted by atomic mass is 10.0. The zero-order chi connectivity index (χ0) is 19.2. The van der Waals surface area contributed by atoms with Crippen LogP contribution in [0.25, 0.3) is 6.08 Å². The number of β-amino-alcohol motifs (C(OH)–C–C–N with tert-alkyl or cyclic N) is 1. The zero-order valence-electron chi connectivity index (χ0n) is 16.0. The smallest absolute Gasteiger partial charge is 0.330 e. The van der Waals surface area contributed by atoms with Crippen LogP contribution in [0.15, 0.2) is 54.6 Å². The van der Waals surface area contributed by atoms with Crippen molar-refractivity contribution in [3.05, 3.63) is 76.9 Å². The van der Waals surface area contributed by atoms with E-state index in [1.54, 1.807) is 6.08 Å². The number of hydrogen-bond acceptors (Lipinski definition) is 4. The standard InChI is InChI=1S/C23H27NO3/c1-17-5-10-20(11-6-17)22(25)16-24-15-3-4-21(24)19-12-7-18(8-13-19)9-14-23(26)27-2/h5-14,21-22,25H,3-4,15-16H2,1-2H3. The van der Waals surface area contributed by atoms with Gasteiger partial charge in [-0.2, -0.15) is 0 Å². The molecule has 0 amide bonds. The minimum atomic E-state index is -0.478. The summed E-state index contributed by atoms with van der Waals surface area (Å²) in [5, 5.41) is 10.6. The van der Waals surface area contributed by atoms with Gasteiger partial charge < -0.3 is 9.84 Å². The number of benzene rings is 2. The molecule has 2 atom stereocenters. The molecule has 0 aliphatic carbocycles. The molecule has 2 aromatic carbocycles. The summed E-state index contributed by atoms with van der Waals surface area (Å²) in [6.07, 6.45) is 4.93. The molecule has 1 N–H and O–H groups in total. The molecule has 0 bridgehead atoms. The lowest BCUT2D eigenvalue weighted by molar-refractivity contribution is -0.134. The fraction of sp³-hybridized carbons (Fsp3) is 0.348. The van der Waals surface area contributed by atoms with Gasteiger partial charge in [0.05, 0.1) is 13.2 Å². The molecule has 1 saturated heterocycles. The minimum Gasteiger partial charge on any atom is -0.466 e. The summed E-state index contributed by atoms with van der Waals surface area (Å²) < 4.78 is 4.61. The fourth-order valence-corrected chi connectivity index (χ4v) is 3.60. The summed E-state index contributed by atoms with van der Waals surface area (Å²) in [6.45, 7) is 3.69. The molecule has 4 nitrogen and oxygen atoms in total. The second-order valence-electron chi connectivity index (χ2n) is 7.10. The van der Waals surface area contributed by atoms with E-state index in [2.05, 4.69) is 28.7 Å². The Morgan fingerprint density at radius 1 is 1.22 bits per heavy atom. The molecule has 2 unspecified atom stereocenters. The molecular formula is C23H27NO3. The van der Waals surface area contributed by atoms with Crippen molar-refractivity contribution in [2.24, 2.45) is 0 Å². The van der Waals surface area contributed by atoms with Gasteiger partial charge in [0.25, 0.3) is 0 Å². The number of aliphatic hydroxyl groups is 1. The summed E-state index contributed by atoms with van der Waals surface area (Å²) in [5.74, 6) is -0.355. The molecule has 142 valence electrons. The van der Waals surface area contributed by atoms with E-state index in [0.717, 1.165) is 30.5 Å². The summed E-state index contributed by atoms with van der Waals surface area (Å²) >= 11 is 0. The highest BCUT2D eigenvalue weighted by molar-refractivity contribution is 5.86. The maximum atomic E-state index is 11.2. The van der Waals surface area contributed by atoms with Crippen LogP contribution in [-0.4, -0.2) is 36.2 Å². The van der Waals surface area contributed by atoms with Crippen LogP contribution in [0.3, 0.4) is 0 Å². The minimum absolute atomic E-state index is 0.323. The molecule has 3 rings (SSSR count). The van der Waals surface area contributed by atoms with Crippen LogP contribution in [0.1, 0.15) is 47.2 Å². The van der Waals surface area contributed by atoms with E-state index >= 15 is 0 Å². The van der Waals surface area contributed by atoms with E-state index in [4.69, 9.17) is 0 Å². The highest BCUT2D eigenvalue weighted by Crippen LogP contribution is 2.33. The first kappa shape index (κ1) is 19.3. The van der Waals surface area contributed by atoms with Gasteiger partial charge in [0.15, 0.2) is 0 Å². The van der Waals surface area contributed by atoms with Gasteiger partial charge in [-0.3, -0.25) is 4.90 Å². The molecule has 2 aromatic rings. The Balaban J connectivity index is 1.66. The average molecular weight is 365 g/mol. The maximum absolute atomic E-state index is 11.2. The summed E-state index contributed by atoms with van der Waals surface area (Å²) in [5.41, 5.74) is 4.38. The van der Waals surface area contributed by atoms with Crippen molar-refractivity contribution in [3.63, 3.8) is 0 Å². The van der Waals surface area contributed by atoms with Crippen molar-refractivity contribution < 1.29 is 14.6 Å². The van der Waals surface area contributed by atoms with Crippen LogP contribution in [-0.2, 0) is 9.53 Å². The number of esters is 1. The first-order chi connectivity index (χ1) is 13.1. The Morgan fingerprint density at radius 3 is 2.59 bits per heavy atom. The molecule has 0 radical (unpaired) electrons. The predicted octanol–water partition coefficient (Wildman–Crippen LogP) is 4.05. The number of carbonyl (C=O) groups is 1. The van der Waals surface area contributed by atoms with Gasteiger partial charge >= 0.3 is 5.97 Å². The number of ether oxygens (including phenoxy) is 1. The average Bonchev–Trinajstić information content (AvgIpc) is 3.15. The van der Waals surface area contributed by atoms with Gasteiger partial charge in [0.2, 0.25) is 0 Å². The van der Waals surface area contributed by atoms with Crippen LogP contribution >= 0.6 is 0 Å². The van der Waals surface area contributed by atoms with Crippen LogP contribution in [0, 0.1) is 6.92 Å². The van der Waals surface area contributed by atoms with Crippen molar-refractivity contribution >= 4 is 12.0 Å². The first-order valence-electron chi connectivity index (χ1n) is 9.41. The van der Waals surface area contributed by atoms with Crippen molar-refractivity contribution in [3.8, 4) is 0 Å². The highest BCUT2D eigenvalue weighted by Gasteiger charge is 2.27. The molecule has 1 fully saturated rings. The third-order valence-corrected chi connectivity index (χ3v) is 5.17. The highest BCUT2D eigenvalue weighted by atomic mass is 16.5. The van der Waals surface area contributed by atoms with Gasteiger partial charge in [-0.25, -0.2) is 4.79 Å². The van der Waals surface area contributed by atoms with E-state index < -0.39 is 6.10 Å². The molecular weight excluding hydrogens is 338 g/mol. The summed E-state index contributed by atoms with van der Waals surface area (Å²) in [4.78, 5) is 13.6. The molecule has 1 aliphatic rings. The van der Waals surface area contributed by atoms with Crippen molar-refractivity contribution in [1.29, 1.82) is 0 Å². The first-order valence-corrected chi connectivity index (χ1v) is 9.41. The van der Waals surface area contributed by atoms with Gasteiger partial charge in [0.1, 0.15) is 0 Å². The number of carbonyl (C=O) groups excluding carboxylic acids is 1. The number of likely N-dealkylation sites (tertiary alicyclic amines) is 1. The molecule has 0 saturated carbocycles. The zero-order valence-corrected chi connectivity index (χ0v) is 16.0. The quantitative estimate of drug-likeness (QED) is 0.620. The van der Waals surface area contributed by atoms with Gasteiger partial charge in [0, 0.05) is 18.7 Å². The molecule has 0 spiro atoms. The SMILES string of the molecule is COC(=O)C=Cc1ccc(C2CCCN2CC(O)c2ccc(C)cc2)cc1. The Kier molecular flexibility index (Phi) is 6.43. The van der Waals surface area contributed by atoms with Crippen LogP contribution < -0.4 is 0 Å². The van der Waals surface area contributed by atoms with E-state index in [1.807, 2.05) is 36.4 Å². The van der Waals surface area contributed by atoms with Crippen molar-refractivity contribution in [1.82, 2.24) is 4.90 Å². The Labute approximate surface area is 161 Å². The maximum Gasteiger partial charge on any atom is 0.330 e. The molecule has 27 heavy (non-hydrogen) atoms. The molecule has 0 aromatic heterocycles. The molecule has 1 aliphatic heterocycles. The van der Waals surface area contributed by atoms with Crippen LogP contribution in [0.4, 0.5) is 0 Å². The van der Waals surface area contributed by atoms with Gasteiger partial charge in [-0.1, -0.05) is 54.1 Å².